The number of carbonyl (C=O) groups is 1. The van der Waals surface area contributed by atoms with Crippen LogP contribution in [0.15, 0.2) is 54.6 Å². The van der Waals surface area contributed by atoms with Crippen molar-refractivity contribution in [2.45, 2.75) is 18.4 Å². The minimum absolute atomic E-state index is 0.0130. The van der Waals surface area contributed by atoms with Crippen molar-refractivity contribution in [2.75, 3.05) is 57.4 Å². The summed E-state index contributed by atoms with van der Waals surface area (Å²) >= 11 is 0. The van der Waals surface area contributed by atoms with Crippen LogP contribution in [0.3, 0.4) is 0 Å². The number of benzene rings is 2. The van der Waals surface area contributed by atoms with Gasteiger partial charge in [0.2, 0.25) is 0 Å². The molecule has 1 aliphatic carbocycles. The van der Waals surface area contributed by atoms with Crippen molar-refractivity contribution in [1.82, 2.24) is 10.2 Å². The van der Waals surface area contributed by atoms with Crippen LogP contribution >= 0.6 is 0 Å². The standard InChI is InChI=1S/C25H31N3O3/c29-25-18-30-12-11-28(25)21-6-8-22(9-7-21)31-13-10-27-16-19(17-27)15-26-24-14-23(24)20-4-2-1-3-5-20/h1-9,19,23-24,26H,10-18H2/t23-,24+/m0/s1. The van der Waals surface area contributed by atoms with Gasteiger partial charge in [-0.1, -0.05) is 30.3 Å². The number of nitrogens with one attached hydrogen (secondary N) is 1. The van der Waals surface area contributed by atoms with E-state index in [4.69, 9.17) is 9.47 Å². The highest BCUT2D eigenvalue weighted by Gasteiger charge is 2.38. The predicted octanol–water partition coefficient (Wildman–Crippen LogP) is 2.51. The van der Waals surface area contributed by atoms with Crippen LogP contribution in [0.1, 0.15) is 17.9 Å². The molecule has 3 fully saturated rings. The molecule has 6 nitrogen and oxygen atoms in total. The Balaban J connectivity index is 0.959. The summed E-state index contributed by atoms with van der Waals surface area (Å²) in [6, 6.07) is 19.3. The average molecular weight is 422 g/mol. The maximum absolute atomic E-state index is 11.9. The van der Waals surface area contributed by atoms with E-state index in [2.05, 4.69) is 40.5 Å². The van der Waals surface area contributed by atoms with E-state index in [-0.39, 0.29) is 12.5 Å². The Bertz CT molecular complexity index is 867. The van der Waals surface area contributed by atoms with E-state index in [1.165, 1.54) is 12.0 Å². The third kappa shape index (κ3) is 5.09. The molecule has 164 valence electrons. The van der Waals surface area contributed by atoms with E-state index in [1.807, 2.05) is 24.3 Å². The van der Waals surface area contributed by atoms with Crippen LogP contribution in [0.4, 0.5) is 5.69 Å². The fourth-order valence-electron chi connectivity index (χ4n) is 4.60. The molecule has 2 heterocycles. The fraction of sp³-hybridized carbons (Fsp3) is 0.480. The van der Waals surface area contributed by atoms with Crippen molar-refractivity contribution in [3.05, 3.63) is 60.2 Å². The Morgan fingerprint density at radius 1 is 1.06 bits per heavy atom. The lowest BCUT2D eigenvalue weighted by Gasteiger charge is -2.39. The Morgan fingerprint density at radius 3 is 2.65 bits per heavy atom. The molecule has 2 atom stereocenters. The minimum atomic E-state index is 0.0130. The molecule has 31 heavy (non-hydrogen) atoms. The van der Waals surface area contributed by atoms with E-state index in [9.17, 15) is 4.79 Å². The summed E-state index contributed by atoms with van der Waals surface area (Å²) in [7, 11) is 0. The van der Waals surface area contributed by atoms with Crippen LogP contribution in [0.25, 0.3) is 0 Å². The second kappa shape index (κ2) is 9.39. The van der Waals surface area contributed by atoms with Gasteiger partial charge in [-0.25, -0.2) is 0 Å². The molecule has 0 spiro atoms. The summed E-state index contributed by atoms with van der Waals surface area (Å²) in [5.41, 5.74) is 2.38. The Labute approximate surface area is 184 Å². The zero-order chi connectivity index (χ0) is 21.0. The normalized spacial score (nSPS) is 24.1. The van der Waals surface area contributed by atoms with Crippen molar-refractivity contribution in [1.29, 1.82) is 0 Å². The van der Waals surface area contributed by atoms with Crippen LogP contribution in [0.5, 0.6) is 5.75 Å². The monoisotopic (exact) mass is 421 g/mol. The maximum atomic E-state index is 11.9. The molecule has 0 unspecified atom stereocenters. The van der Waals surface area contributed by atoms with Gasteiger partial charge in [0.15, 0.2) is 0 Å². The van der Waals surface area contributed by atoms with Crippen molar-refractivity contribution < 1.29 is 14.3 Å². The van der Waals surface area contributed by atoms with Crippen LogP contribution in [-0.4, -0.2) is 69.4 Å². The molecule has 3 aliphatic rings. The molecule has 6 heteroatoms. The van der Waals surface area contributed by atoms with Gasteiger partial charge in [-0.05, 0) is 42.2 Å². The van der Waals surface area contributed by atoms with Gasteiger partial charge in [-0.3, -0.25) is 9.69 Å². The lowest BCUT2D eigenvalue weighted by atomic mass is 10.0. The van der Waals surface area contributed by atoms with E-state index >= 15 is 0 Å². The SMILES string of the molecule is O=C1COCCN1c1ccc(OCCN2CC(CN[C@@H]3C[C@H]3c3ccccc3)C2)cc1. The highest BCUT2D eigenvalue weighted by Crippen LogP contribution is 2.40. The van der Waals surface area contributed by atoms with Gasteiger partial charge < -0.3 is 19.7 Å². The molecular formula is C25H31N3O3. The lowest BCUT2D eigenvalue weighted by molar-refractivity contribution is -0.125. The van der Waals surface area contributed by atoms with Crippen molar-refractivity contribution in [3.63, 3.8) is 0 Å². The zero-order valence-electron chi connectivity index (χ0n) is 17.9. The van der Waals surface area contributed by atoms with Gasteiger partial charge >= 0.3 is 0 Å². The highest BCUT2D eigenvalue weighted by atomic mass is 16.5. The Hall–Kier alpha value is -2.41. The van der Waals surface area contributed by atoms with Gasteiger partial charge in [0, 0.05) is 50.4 Å². The second-order valence-corrected chi connectivity index (χ2v) is 8.83. The molecule has 2 aromatic rings. The first-order valence-electron chi connectivity index (χ1n) is 11.4. The molecule has 5 rings (SSSR count). The van der Waals surface area contributed by atoms with Crippen LogP contribution in [0, 0.1) is 5.92 Å². The highest BCUT2D eigenvalue weighted by molar-refractivity contribution is 5.94. The number of hydrogen-bond acceptors (Lipinski definition) is 5. The number of amides is 1. The minimum Gasteiger partial charge on any atom is -0.492 e. The quantitative estimate of drug-likeness (QED) is 0.674. The number of hydrogen-bond donors (Lipinski definition) is 1. The molecule has 0 radical (unpaired) electrons. The fourth-order valence-corrected chi connectivity index (χ4v) is 4.60. The first-order chi connectivity index (χ1) is 15.3. The van der Waals surface area contributed by atoms with Gasteiger partial charge in [0.05, 0.1) is 6.61 Å². The molecule has 0 bridgehead atoms. The Kier molecular flexibility index (Phi) is 6.20. The number of nitrogens with zero attached hydrogens (tertiary/aromatic N) is 2. The molecule has 1 amide bonds. The largest absolute Gasteiger partial charge is 0.492 e. The lowest BCUT2D eigenvalue weighted by Crippen LogP contribution is -2.52. The van der Waals surface area contributed by atoms with Gasteiger partial charge in [0.25, 0.3) is 5.91 Å². The summed E-state index contributed by atoms with van der Waals surface area (Å²) < 4.78 is 11.1. The predicted molar refractivity (Wildman–Crippen MR) is 121 cm³/mol. The number of carbonyl (C=O) groups excluding carboxylic acids is 1. The molecule has 2 saturated heterocycles. The first kappa shape index (κ1) is 20.5. The number of ether oxygens (including phenoxy) is 2. The van der Waals surface area contributed by atoms with Crippen LogP contribution < -0.4 is 15.0 Å². The Morgan fingerprint density at radius 2 is 1.87 bits per heavy atom. The molecular weight excluding hydrogens is 390 g/mol. The molecule has 1 saturated carbocycles. The van der Waals surface area contributed by atoms with E-state index in [1.54, 1.807) is 4.90 Å². The van der Waals surface area contributed by atoms with E-state index in [0.29, 0.717) is 31.7 Å². The molecule has 1 N–H and O–H groups in total. The summed E-state index contributed by atoms with van der Waals surface area (Å²) in [6.07, 6.45) is 1.27. The first-order valence-corrected chi connectivity index (χ1v) is 11.4. The second-order valence-electron chi connectivity index (χ2n) is 8.83. The summed E-state index contributed by atoms with van der Waals surface area (Å²) in [5, 5.41) is 3.75. The average Bonchev–Trinajstić information content (AvgIpc) is 3.56. The number of anilines is 1. The zero-order valence-corrected chi connectivity index (χ0v) is 17.9. The summed E-state index contributed by atoms with van der Waals surface area (Å²) in [6.45, 7) is 6.42. The topological polar surface area (TPSA) is 54.0 Å². The molecule has 2 aromatic carbocycles. The number of morpholine rings is 1. The maximum Gasteiger partial charge on any atom is 0.253 e. The third-order valence-corrected chi connectivity index (χ3v) is 6.53. The van der Waals surface area contributed by atoms with E-state index < -0.39 is 0 Å². The van der Waals surface area contributed by atoms with Crippen molar-refractivity contribution in [2.24, 2.45) is 5.92 Å². The molecule has 0 aromatic heterocycles. The summed E-state index contributed by atoms with van der Waals surface area (Å²) in [5.74, 6) is 2.32. The number of rotatable bonds is 9. The van der Waals surface area contributed by atoms with E-state index in [0.717, 1.165) is 43.5 Å². The van der Waals surface area contributed by atoms with Crippen LogP contribution in [-0.2, 0) is 9.53 Å². The van der Waals surface area contributed by atoms with Gasteiger partial charge in [-0.2, -0.15) is 0 Å². The van der Waals surface area contributed by atoms with Crippen molar-refractivity contribution >= 4 is 11.6 Å². The smallest absolute Gasteiger partial charge is 0.253 e. The summed E-state index contributed by atoms with van der Waals surface area (Å²) in [4.78, 5) is 16.1. The van der Waals surface area contributed by atoms with Gasteiger partial charge in [0.1, 0.15) is 19.0 Å². The van der Waals surface area contributed by atoms with Crippen molar-refractivity contribution in [3.8, 4) is 5.75 Å². The number of likely N-dealkylation sites (tertiary alicyclic amines) is 1. The molecule has 2 aliphatic heterocycles. The van der Waals surface area contributed by atoms with Gasteiger partial charge in [-0.15, -0.1) is 0 Å². The third-order valence-electron chi connectivity index (χ3n) is 6.53. The van der Waals surface area contributed by atoms with Crippen LogP contribution in [0.2, 0.25) is 0 Å².